The van der Waals surface area contributed by atoms with Gasteiger partial charge in [-0.3, -0.25) is 4.79 Å². The molecule has 0 bridgehead atoms. The van der Waals surface area contributed by atoms with Gasteiger partial charge in [0.25, 0.3) is 0 Å². The smallest absolute Gasteiger partial charge is 0.311 e. The van der Waals surface area contributed by atoms with Crippen molar-refractivity contribution in [3.8, 4) is 0 Å². The molecule has 0 amide bonds. The van der Waals surface area contributed by atoms with Crippen molar-refractivity contribution in [2.24, 2.45) is 17.8 Å². The van der Waals surface area contributed by atoms with Gasteiger partial charge in [0.1, 0.15) is 0 Å². The fraction of sp³-hybridized carbons (Fsp3) is 0.750. The van der Waals surface area contributed by atoms with E-state index >= 15 is 0 Å². The average Bonchev–Trinajstić information content (AvgIpc) is 2.54. The summed E-state index contributed by atoms with van der Waals surface area (Å²) in [7, 11) is 0. The maximum absolute atomic E-state index is 11.7. The summed E-state index contributed by atoms with van der Waals surface area (Å²) in [5, 5.41) is 9.89. The van der Waals surface area contributed by atoms with Crippen LogP contribution in [0.2, 0.25) is 0 Å². The first-order chi connectivity index (χ1) is 7.24. The molecule has 84 valence electrons. The SMILES string of the molecule is CCOC(=O)C1C(O)CC2CC=CCC21. The van der Waals surface area contributed by atoms with E-state index in [0.29, 0.717) is 18.4 Å². The molecule has 0 aromatic rings. The minimum absolute atomic E-state index is 0.215. The zero-order valence-electron chi connectivity index (χ0n) is 9.06. The summed E-state index contributed by atoms with van der Waals surface area (Å²) in [6.45, 7) is 2.20. The summed E-state index contributed by atoms with van der Waals surface area (Å²) < 4.78 is 5.02. The Balaban J connectivity index is 2.09. The Morgan fingerprint density at radius 3 is 2.93 bits per heavy atom. The van der Waals surface area contributed by atoms with E-state index < -0.39 is 6.10 Å². The van der Waals surface area contributed by atoms with E-state index in [4.69, 9.17) is 4.74 Å². The van der Waals surface area contributed by atoms with Crippen LogP contribution in [0.4, 0.5) is 0 Å². The second-order valence-electron chi connectivity index (χ2n) is 4.45. The van der Waals surface area contributed by atoms with Gasteiger partial charge in [-0.05, 0) is 38.0 Å². The van der Waals surface area contributed by atoms with E-state index in [1.54, 1.807) is 6.92 Å². The molecule has 0 radical (unpaired) electrons. The lowest BCUT2D eigenvalue weighted by Crippen LogP contribution is -2.31. The third kappa shape index (κ3) is 1.93. The van der Waals surface area contributed by atoms with Gasteiger partial charge in [0, 0.05) is 0 Å². The van der Waals surface area contributed by atoms with Gasteiger partial charge < -0.3 is 9.84 Å². The van der Waals surface area contributed by atoms with Crippen molar-refractivity contribution in [3.63, 3.8) is 0 Å². The highest BCUT2D eigenvalue weighted by molar-refractivity contribution is 5.74. The lowest BCUT2D eigenvalue weighted by Gasteiger charge is -2.24. The summed E-state index contributed by atoms with van der Waals surface area (Å²) in [5.74, 6) is 0.260. The highest BCUT2D eigenvalue weighted by Crippen LogP contribution is 2.44. The van der Waals surface area contributed by atoms with Crippen LogP contribution in [0.15, 0.2) is 12.2 Å². The molecule has 0 spiro atoms. The highest BCUT2D eigenvalue weighted by atomic mass is 16.5. The van der Waals surface area contributed by atoms with Crippen molar-refractivity contribution in [2.75, 3.05) is 6.61 Å². The van der Waals surface area contributed by atoms with Crippen LogP contribution in [0.1, 0.15) is 26.2 Å². The number of allylic oxidation sites excluding steroid dienone is 2. The molecule has 2 aliphatic carbocycles. The zero-order chi connectivity index (χ0) is 10.8. The number of rotatable bonds is 2. The Kier molecular flexibility index (Phi) is 3.10. The second-order valence-corrected chi connectivity index (χ2v) is 4.45. The quantitative estimate of drug-likeness (QED) is 0.555. The Labute approximate surface area is 90.1 Å². The third-order valence-electron chi connectivity index (χ3n) is 3.60. The number of carbonyl (C=O) groups excluding carboxylic acids is 1. The van der Waals surface area contributed by atoms with Crippen molar-refractivity contribution >= 4 is 5.97 Å². The number of ether oxygens (including phenoxy) is 1. The van der Waals surface area contributed by atoms with Crippen LogP contribution in [-0.4, -0.2) is 23.8 Å². The monoisotopic (exact) mass is 210 g/mol. The van der Waals surface area contributed by atoms with Crippen LogP contribution in [-0.2, 0) is 9.53 Å². The lowest BCUT2D eigenvalue weighted by molar-refractivity contribution is -0.152. The number of hydrogen-bond donors (Lipinski definition) is 1. The van der Waals surface area contributed by atoms with Crippen molar-refractivity contribution in [1.29, 1.82) is 0 Å². The van der Waals surface area contributed by atoms with Gasteiger partial charge in [-0.15, -0.1) is 0 Å². The van der Waals surface area contributed by atoms with E-state index in [2.05, 4.69) is 12.2 Å². The van der Waals surface area contributed by atoms with E-state index in [9.17, 15) is 9.90 Å². The van der Waals surface area contributed by atoms with E-state index in [1.807, 2.05) is 0 Å². The van der Waals surface area contributed by atoms with Crippen LogP contribution in [0.5, 0.6) is 0 Å². The molecule has 0 heterocycles. The average molecular weight is 210 g/mol. The minimum atomic E-state index is -0.501. The van der Waals surface area contributed by atoms with Crippen LogP contribution in [0.25, 0.3) is 0 Å². The van der Waals surface area contributed by atoms with E-state index in [1.165, 1.54) is 0 Å². The fourth-order valence-electron chi connectivity index (χ4n) is 2.91. The highest BCUT2D eigenvalue weighted by Gasteiger charge is 2.46. The molecular weight excluding hydrogens is 192 g/mol. The molecule has 1 N–H and O–H groups in total. The summed E-state index contributed by atoms with van der Waals surface area (Å²) in [6.07, 6.45) is 6.42. The Bertz CT molecular complexity index is 272. The maximum atomic E-state index is 11.7. The van der Waals surface area contributed by atoms with Gasteiger partial charge in [0.2, 0.25) is 0 Å². The lowest BCUT2D eigenvalue weighted by atomic mass is 9.81. The Morgan fingerprint density at radius 1 is 1.47 bits per heavy atom. The van der Waals surface area contributed by atoms with Crippen LogP contribution in [0, 0.1) is 17.8 Å². The molecule has 0 aromatic carbocycles. The first-order valence-electron chi connectivity index (χ1n) is 5.73. The predicted octanol–water partition coefficient (Wildman–Crippen LogP) is 1.51. The molecular formula is C12H18O3. The van der Waals surface area contributed by atoms with Crippen molar-refractivity contribution in [1.82, 2.24) is 0 Å². The molecule has 4 unspecified atom stereocenters. The number of aliphatic hydroxyl groups excluding tert-OH is 1. The molecule has 0 saturated heterocycles. The summed E-state index contributed by atoms with van der Waals surface area (Å²) in [4.78, 5) is 11.7. The molecule has 1 fully saturated rings. The van der Waals surface area contributed by atoms with Gasteiger partial charge in [0.15, 0.2) is 0 Å². The molecule has 2 aliphatic rings. The standard InChI is InChI=1S/C12H18O3/c1-2-15-12(14)11-9-6-4-3-5-8(9)7-10(11)13/h3-4,8-11,13H,2,5-7H2,1H3. The van der Waals surface area contributed by atoms with Crippen molar-refractivity contribution < 1.29 is 14.6 Å². The van der Waals surface area contributed by atoms with Crippen LogP contribution < -0.4 is 0 Å². The number of esters is 1. The van der Waals surface area contributed by atoms with Crippen LogP contribution >= 0.6 is 0 Å². The predicted molar refractivity (Wildman–Crippen MR) is 56.1 cm³/mol. The Hall–Kier alpha value is -0.830. The number of carbonyl (C=O) groups is 1. The normalized spacial score (nSPS) is 38.8. The first-order valence-corrected chi connectivity index (χ1v) is 5.73. The minimum Gasteiger partial charge on any atom is -0.466 e. The van der Waals surface area contributed by atoms with Crippen molar-refractivity contribution in [3.05, 3.63) is 12.2 Å². The van der Waals surface area contributed by atoms with E-state index in [-0.39, 0.29) is 11.9 Å². The molecule has 0 aromatic heterocycles. The molecule has 0 aliphatic heterocycles. The number of hydrogen-bond acceptors (Lipinski definition) is 3. The third-order valence-corrected chi connectivity index (χ3v) is 3.60. The van der Waals surface area contributed by atoms with Gasteiger partial charge in [-0.25, -0.2) is 0 Å². The molecule has 1 saturated carbocycles. The van der Waals surface area contributed by atoms with Gasteiger partial charge in [-0.2, -0.15) is 0 Å². The topological polar surface area (TPSA) is 46.5 Å². The largest absolute Gasteiger partial charge is 0.466 e. The first kappa shape index (κ1) is 10.7. The number of fused-ring (bicyclic) bond motifs is 1. The molecule has 2 rings (SSSR count). The van der Waals surface area contributed by atoms with Gasteiger partial charge >= 0.3 is 5.97 Å². The summed E-state index contributed by atoms with van der Waals surface area (Å²) in [5.41, 5.74) is 0. The van der Waals surface area contributed by atoms with Gasteiger partial charge in [0.05, 0.1) is 18.6 Å². The fourth-order valence-corrected chi connectivity index (χ4v) is 2.91. The zero-order valence-corrected chi connectivity index (χ0v) is 9.06. The second kappa shape index (κ2) is 4.35. The maximum Gasteiger partial charge on any atom is 0.311 e. The molecule has 3 nitrogen and oxygen atoms in total. The summed E-state index contributed by atoms with van der Waals surface area (Å²) >= 11 is 0. The van der Waals surface area contributed by atoms with Crippen LogP contribution in [0.3, 0.4) is 0 Å². The van der Waals surface area contributed by atoms with Gasteiger partial charge in [-0.1, -0.05) is 12.2 Å². The van der Waals surface area contributed by atoms with E-state index in [0.717, 1.165) is 19.3 Å². The number of aliphatic hydroxyl groups is 1. The molecule has 4 atom stereocenters. The van der Waals surface area contributed by atoms with Crippen molar-refractivity contribution in [2.45, 2.75) is 32.3 Å². The molecule has 15 heavy (non-hydrogen) atoms. The Morgan fingerprint density at radius 2 is 2.20 bits per heavy atom. The molecule has 3 heteroatoms. The summed E-state index contributed by atoms with van der Waals surface area (Å²) in [6, 6.07) is 0.